The van der Waals surface area contributed by atoms with Crippen LogP contribution in [0.25, 0.3) is 11.5 Å². The van der Waals surface area contributed by atoms with Gasteiger partial charge in [-0.05, 0) is 37.6 Å². The van der Waals surface area contributed by atoms with Crippen molar-refractivity contribution in [2.75, 3.05) is 19.4 Å². The molecule has 0 spiro atoms. The fourth-order valence-electron chi connectivity index (χ4n) is 2.25. The second-order valence-corrected chi connectivity index (χ2v) is 7.49. The lowest BCUT2D eigenvalue weighted by Gasteiger charge is -2.04. The van der Waals surface area contributed by atoms with Crippen molar-refractivity contribution in [2.45, 2.75) is 33.1 Å². The average molecular weight is 352 g/mol. The molecule has 0 radical (unpaired) electrons. The molecule has 0 atom stereocenters. The van der Waals surface area contributed by atoms with E-state index < -0.39 is 10.0 Å². The summed E-state index contributed by atoms with van der Waals surface area (Å²) in [6.07, 6.45) is 2.02. The molecule has 0 bridgehead atoms. The highest BCUT2D eigenvalue weighted by Crippen LogP contribution is 2.24. The molecule has 1 heterocycles. The van der Waals surface area contributed by atoms with E-state index >= 15 is 0 Å². The van der Waals surface area contributed by atoms with Gasteiger partial charge in [0.2, 0.25) is 15.9 Å². The third-order valence-electron chi connectivity index (χ3n) is 3.68. The second kappa shape index (κ2) is 8.30. The molecule has 0 saturated carbocycles. The molecule has 6 nitrogen and oxygen atoms in total. The average Bonchev–Trinajstić information content (AvgIpc) is 2.94. The number of ether oxygens (including phenoxy) is 1. The van der Waals surface area contributed by atoms with E-state index in [2.05, 4.69) is 9.71 Å². The largest absolute Gasteiger partial charge is 0.497 e. The lowest BCUT2D eigenvalue weighted by atomic mass is 10.2. The third kappa shape index (κ3) is 5.07. The Morgan fingerprint density at radius 2 is 1.96 bits per heavy atom. The first-order valence-corrected chi connectivity index (χ1v) is 9.68. The maximum absolute atomic E-state index is 11.8. The summed E-state index contributed by atoms with van der Waals surface area (Å²) in [7, 11) is -1.59. The molecule has 132 valence electrons. The summed E-state index contributed by atoms with van der Waals surface area (Å²) >= 11 is 0. The molecule has 0 amide bonds. The Kier molecular flexibility index (Phi) is 6.39. The first-order chi connectivity index (χ1) is 11.4. The quantitative estimate of drug-likeness (QED) is 0.750. The van der Waals surface area contributed by atoms with Gasteiger partial charge in [-0.15, -0.1) is 0 Å². The standard InChI is InChI=1S/C17H24N2O4S/c1-4-5-12-24(20,21)18-11-10-16-13(2)23-17(19-16)14-6-8-15(22-3)9-7-14/h6-9,18H,4-5,10-12H2,1-3H3. The Morgan fingerprint density at radius 3 is 2.58 bits per heavy atom. The van der Waals surface area contributed by atoms with Crippen LogP contribution in [0.15, 0.2) is 28.7 Å². The predicted octanol–water partition coefficient (Wildman–Crippen LogP) is 2.92. The van der Waals surface area contributed by atoms with Gasteiger partial charge in [0.15, 0.2) is 0 Å². The molecule has 1 aromatic heterocycles. The topological polar surface area (TPSA) is 81.4 Å². The summed E-state index contributed by atoms with van der Waals surface area (Å²) in [5.41, 5.74) is 1.62. The molecule has 2 aromatic rings. The van der Waals surface area contributed by atoms with Crippen LogP contribution in [0.5, 0.6) is 5.75 Å². The Hall–Kier alpha value is -1.86. The van der Waals surface area contributed by atoms with Gasteiger partial charge in [-0.1, -0.05) is 13.3 Å². The van der Waals surface area contributed by atoms with E-state index in [1.54, 1.807) is 7.11 Å². The van der Waals surface area contributed by atoms with Crippen LogP contribution >= 0.6 is 0 Å². The van der Waals surface area contributed by atoms with Crippen LogP contribution in [0.3, 0.4) is 0 Å². The number of nitrogens with one attached hydrogen (secondary N) is 1. The molecule has 0 aliphatic rings. The van der Waals surface area contributed by atoms with Crippen LogP contribution in [0.2, 0.25) is 0 Å². The van der Waals surface area contributed by atoms with Crippen LogP contribution in [0, 0.1) is 6.92 Å². The fraction of sp³-hybridized carbons (Fsp3) is 0.471. The number of aryl methyl sites for hydroxylation is 1. The van der Waals surface area contributed by atoms with E-state index in [9.17, 15) is 8.42 Å². The lowest BCUT2D eigenvalue weighted by molar-refractivity contribution is 0.415. The maximum atomic E-state index is 11.8. The van der Waals surface area contributed by atoms with Crippen LogP contribution in [0.4, 0.5) is 0 Å². The van der Waals surface area contributed by atoms with Crippen LogP contribution in [-0.4, -0.2) is 32.8 Å². The zero-order valence-electron chi connectivity index (χ0n) is 14.3. The van der Waals surface area contributed by atoms with E-state index in [1.807, 2.05) is 38.1 Å². The second-order valence-electron chi connectivity index (χ2n) is 5.57. The van der Waals surface area contributed by atoms with Gasteiger partial charge in [0.1, 0.15) is 11.5 Å². The summed E-state index contributed by atoms with van der Waals surface area (Å²) in [4.78, 5) is 4.47. The van der Waals surface area contributed by atoms with Crippen LogP contribution in [-0.2, 0) is 16.4 Å². The van der Waals surface area contributed by atoms with Crippen molar-refractivity contribution in [3.05, 3.63) is 35.7 Å². The van der Waals surface area contributed by atoms with Gasteiger partial charge in [-0.3, -0.25) is 0 Å². The lowest BCUT2D eigenvalue weighted by Crippen LogP contribution is -2.28. The number of hydrogen-bond acceptors (Lipinski definition) is 5. The molecule has 0 aliphatic heterocycles. The fourth-order valence-corrected chi connectivity index (χ4v) is 3.47. The highest BCUT2D eigenvalue weighted by Gasteiger charge is 2.13. The molecular weight excluding hydrogens is 328 g/mol. The molecule has 0 saturated heterocycles. The summed E-state index contributed by atoms with van der Waals surface area (Å²) in [5, 5.41) is 0. The highest BCUT2D eigenvalue weighted by atomic mass is 32.2. The molecular formula is C17H24N2O4S. The summed E-state index contributed by atoms with van der Waals surface area (Å²) < 4.78 is 37.0. The first-order valence-electron chi connectivity index (χ1n) is 8.03. The summed E-state index contributed by atoms with van der Waals surface area (Å²) in [6.45, 7) is 4.12. The van der Waals surface area contributed by atoms with Gasteiger partial charge in [0.25, 0.3) is 0 Å². The van der Waals surface area contributed by atoms with Crippen molar-refractivity contribution in [2.24, 2.45) is 0 Å². The number of nitrogens with zero attached hydrogens (tertiary/aromatic N) is 1. The van der Waals surface area contributed by atoms with Crippen molar-refractivity contribution in [3.8, 4) is 17.2 Å². The van der Waals surface area contributed by atoms with Crippen molar-refractivity contribution >= 4 is 10.0 Å². The molecule has 2 rings (SSSR count). The number of aromatic nitrogens is 1. The third-order valence-corrected chi connectivity index (χ3v) is 5.15. The summed E-state index contributed by atoms with van der Waals surface area (Å²) in [6, 6.07) is 7.44. The monoisotopic (exact) mass is 352 g/mol. The normalized spacial score (nSPS) is 11.6. The van der Waals surface area contributed by atoms with Crippen molar-refractivity contribution in [1.82, 2.24) is 9.71 Å². The molecule has 1 aromatic carbocycles. The molecule has 24 heavy (non-hydrogen) atoms. The first kappa shape index (κ1) is 18.5. The van der Waals surface area contributed by atoms with Crippen LogP contribution in [0.1, 0.15) is 31.2 Å². The zero-order chi connectivity index (χ0) is 17.6. The smallest absolute Gasteiger partial charge is 0.226 e. The zero-order valence-corrected chi connectivity index (χ0v) is 15.1. The molecule has 7 heteroatoms. The van der Waals surface area contributed by atoms with E-state index in [-0.39, 0.29) is 5.75 Å². The Bertz CT molecular complexity index is 751. The number of methoxy groups -OCH3 is 1. The number of rotatable bonds is 9. The SMILES string of the molecule is CCCCS(=O)(=O)NCCc1nc(-c2ccc(OC)cc2)oc1C. The summed E-state index contributed by atoms with van der Waals surface area (Å²) in [5.74, 6) is 2.16. The van der Waals surface area contributed by atoms with Gasteiger partial charge >= 0.3 is 0 Å². The number of unbranched alkanes of at least 4 members (excludes halogenated alkanes) is 1. The van der Waals surface area contributed by atoms with Crippen molar-refractivity contribution in [3.63, 3.8) is 0 Å². The van der Waals surface area contributed by atoms with E-state index in [1.165, 1.54) is 0 Å². The predicted molar refractivity (Wildman–Crippen MR) is 93.6 cm³/mol. The van der Waals surface area contributed by atoms with E-state index in [4.69, 9.17) is 9.15 Å². The van der Waals surface area contributed by atoms with Crippen molar-refractivity contribution in [1.29, 1.82) is 0 Å². The minimum absolute atomic E-state index is 0.165. The van der Waals surface area contributed by atoms with E-state index in [0.717, 1.165) is 23.4 Å². The molecule has 0 unspecified atom stereocenters. The molecule has 0 fully saturated rings. The van der Waals surface area contributed by atoms with Crippen LogP contribution < -0.4 is 9.46 Å². The Labute approximate surface area is 143 Å². The Balaban J connectivity index is 1.98. The molecule has 1 N–H and O–H groups in total. The number of hydrogen-bond donors (Lipinski definition) is 1. The van der Waals surface area contributed by atoms with E-state index in [0.29, 0.717) is 31.0 Å². The maximum Gasteiger partial charge on any atom is 0.226 e. The highest BCUT2D eigenvalue weighted by molar-refractivity contribution is 7.89. The van der Waals surface area contributed by atoms with Gasteiger partial charge < -0.3 is 9.15 Å². The number of oxazole rings is 1. The minimum Gasteiger partial charge on any atom is -0.497 e. The number of benzene rings is 1. The van der Waals surface area contributed by atoms with Gasteiger partial charge in [0.05, 0.1) is 18.6 Å². The van der Waals surface area contributed by atoms with Gasteiger partial charge in [-0.25, -0.2) is 18.1 Å². The minimum atomic E-state index is -3.20. The number of sulfonamides is 1. The van der Waals surface area contributed by atoms with Gasteiger partial charge in [0, 0.05) is 18.5 Å². The molecule has 0 aliphatic carbocycles. The van der Waals surface area contributed by atoms with Crippen molar-refractivity contribution < 1.29 is 17.6 Å². The van der Waals surface area contributed by atoms with Gasteiger partial charge in [-0.2, -0.15) is 0 Å². The Morgan fingerprint density at radius 1 is 1.25 bits per heavy atom.